The van der Waals surface area contributed by atoms with E-state index in [-0.39, 0.29) is 5.96 Å². The van der Waals surface area contributed by atoms with Crippen LogP contribution in [0.25, 0.3) is 0 Å². The lowest BCUT2D eigenvalue weighted by atomic mass is 10.1. The van der Waals surface area contributed by atoms with Gasteiger partial charge in [-0.05, 0) is 36.8 Å². The van der Waals surface area contributed by atoms with Gasteiger partial charge in [0.1, 0.15) is 0 Å². The van der Waals surface area contributed by atoms with Gasteiger partial charge in [0.05, 0.1) is 31.7 Å². The highest BCUT2D eigenvalue weighted by atomic mass is 35.5. The van der Waals surface area contributed by atoms with Gasteiger partial charge in [0.25, 0.3) is 0 Å². The zero-order chi connectivity index (χ0) is 28.2. The Labute approximate surface area is 236 Å². The van der Waals surface area contributed by atoms with E-state index in [1.54, 1.807) is 12.3 Å². The molecule has 2 aromatic carbocycles. The predicted molar refractivity (Wildman–Crippen MR) is 161 cm³/mol. The summed E-state index contributed by atoms with van der Waals surface area (Å²) in [5.41, 5.74) is 10.2. The average Bonchev–Trinajstić information content (AvgIpc) is 2.87. The van der Waals surface area contributed by atoms with E-state index in [9.17, 15) is 0 Å². The van der Waals surface area contributed by atoms with Crippen LogP contribution in [0.3, 0.4) is 0 Å². The SMILES string of the molecule is CC(C)CCOCC(=N)CN=Cc1ccccc1Cl.CC(C)CCON/C(N)=N/N=C/c1ccccc1Cl. The molecule has 0 amide bonds. The van der Waals surface area contributed by atoms with E-state index in [4.69, 9.17) is 43.9 Å². The van der Waals surface area contributed by atoms with Crippen LogP contribution in [0.4, 0.5) is 0 Å². The van der Waals surface area contributed by atoms with E-state index in [0.717, 1.165) is 24.0 Å². The van der Waals surface area contributed by atoms with Crippen LogP contribution in [-0.4, -0.2) is 50.5 Å². The molecule has 0 aliphatic carbocycles. The molecule has 0 spiro atoms. The lowest BCUT2D eigenvalue weighted by molar-refractivity contribution is 0.0754. The molecule has 0 heterocycles. The number of nitrogens with two attached hydrogens (primary N) is 1. The van der Waals surface area contributed by atoms with Gasteiger partial charge in [-0.3, -0.25) is 9.83 Å². The molecule has 0 radical (unpaired) electrons. The van der Waals surface area contributed by atoms with E-state index >= 15 is 0 Å². The zero-order valence-electron chi connectivity index (χ0n) is 22.7. The number of nitrogens with zero attached hydrogens (tertiary/aromatic N) is 3. The van der Waals surface area contributed by atoms with Crippen LogP contribution in [0.15, 0.2) is 63.7 Å². The monoisotopic (exact) mass is 562 g/mol. The van der Waals surface area contributed by atoms with E-state index < -0.39 is 0 Å². The molecule has 4 N–H and O–H groups in total. The summed E-state index contributed by atoms with van der Waals surface area (Å²) in [7, 11) is 0. The quantitative estimate of drug-likeness (QED) is 0.107. The van der Waals surface area contributed by atoms with Crippen molar-refractivity contribution >= 4 is 47.3 Å². The number of aliphatic imine (C=N–C) groups is 1. The number of hydrogen-bond donors (Lipinski definition) is 3. The van der Waals surface area contributed by atoms with E-state index in [2.05, 4.69) is 48.4 Å². The van der Waals surface area contributed by atoms with Crippen LogP contribution in [0.5, 0.6) is 0 Å². The average molecular weight is 564 g/mol. The molecule has 0 aliphatic heterocycles. The highest BCUT2D eigenvalue weighted by Crippen LogP contribution is 2.13. The molecule has 0 fully saturated rings. The molecule has 208 valence electrons. The normalized spacial score (nSPS) is 11.8. The van der Waals surface area contributed by atoms with Gasteiger partial charge in [-0.2, -0.15) is 5.10 Å². The van der Waals surface area contributed by atoms with E-state index in [0.29, 0.717) is 54.0 Å². The van der Waals surface area contributed by atoms with Gasteiger partial charge < -0.3 is 15.9 Å². The number of nitrogens with one attached hydrogen (secondary N) is 2. The predicted octanol–water partition coefficient (Wildman–Crippen LogP) is 6.40. The van der Waals surface area contributed by atoms with Crippen LogP contribution in [0.2, 0.25) is 10.0 Å². The molecule has 0 saturated heterocycles. The van der Waals surface area contributed by atoms with Crippen LogP contribution in [0.1, 0.15) is 51.7 Å². The summed E-state index contributed by atoms with van der Waals surface area (Å²) in [6, 6.07) is 14.8. The Morgan fingerprint density at radius 3 is 2.05 bits per heavy atom. The highest BCUT2D eigenvalue weighted by Gasteiger charge is 1.99. The minimum atomic E-state index is 0.104. The summed E-state index contributed by atoms with van der Waals surface area (Å²) in [5, 5.41) is 16.6. The third-order valence-electron chi connectivity index (χ3n) is 4.78. The Morgan fingerprint density at radius 1 is 0.921 bits per heavy atom. The molecule has 0 aromatic heterocycles. The summed E-state index contributed by atoms with van der Waals surface area (Å²) in [6.07, 6.45) is 5.20. The zero-order valence-corrected chi connectivity index (χ0v) is 24.2. The summed E-state index contributed by atoms with van der Waals surface area (Å²) < 4.78 is 5.41. The number of guanidine groups is 1. The summed E-state index contributed by atoms with van der Waals surface area (Å²) in [5.74, 6) is 1.32. The molecule has 2 aromatic rings. The van der Waals surface area contributed by atoms with Gasteiger partial charge in [0, 0.05) is 34.0 Å². The molecule has 8 nitrogen and oxygen atoms in total. The molecule has 0 aliphatic rings. The van der Waals surface area contributed by atoms with Crippen molar-refractivity contribution in [1.29, 1.82) is 5.41 Å². The molecule has 0 saturated carbocycles. The topological polar surface area (TPSA) is 117 Å². The summed E-state index contributed by atoms with van der Waals surface area (Å²) in [6.45, 7) is 10.5. The van der Waals surface area contributed by atoms with Crippen LogP contribution in [0, 0.1) is 17.2 Å². The van der Waals surface area contributed by atoms with Gasteiger partial charge in [0.15, 0.2) is 0 Å². The van der Waals surface area contributed by atoms with Crippen molar-refractivity contribution in [3.8, 4) is 0 Å². The van der Waals surface area contributed by atoms with Crippen molar-refractivity contribution in [1.82, 2.24) is 5.48 Å². The second kappa shape index (κ2) is 20.2. The number of rotatable bonds is 14. The Kier molecular flexibility index (Phi) is 17.7. The molecule has 2 rings (SSSR count). The fraction of sp³-hybridized carbons (Fsp3) is 0.429. The molecule has 0 bridgehead atoms. The van der Waals surface area contributed by atoms with Gasteiger partial charge in [-0.15, -0.1) is 5.10 Å². The van der Waals surface area contributed by atoms with Crippen LogP contribution < -0.4 is 11.2 Å². The first-order valence-electron chi connectivity index (χ1n) is 12.6. The lowest BCUT2D eigenvalue weighted by Gasteiger charge is -2.06. The molecule has 0 atom stereocenters. The van der Waals surface area contributed by atoms with Crippen molar-refractivity contribution in [3.63, 3.8) is 0 Å². The van der Waals surface area contributed by atoms with Gasteiger partial charge in [-0.25, -0.2) is 5.48 Å². The van der Waals surface area contributed by atoms with Crippen LogP contribution >= 0.6 is 23.2 Å². The second-order valence-electron chi connectivity index (χ2n) is 9.21. The standard InChI is InChI=1S/C15H21ClN2O.C13H19ClN4O/c1-12(2)7-8-19-11-14(17)10-18-9-13-5-3-4-6-15(13)16;1-10(2)7-8-19-18-13(15)17-16-9-11-5-3-4-6-12(11)14/h3-6,9,12,17H,7-8,10-11H2,1-2H3;3-6,9-10H,7-8H2,1-2H3,(H3,15,17,18)/b;16-9+. The highest BCUT2D eigenvalue weighted by molar-refractivity contribution is 6.33. The largest absolute Gasteiger partial charge is 0.375 e. The Hall–Kier alpha value is -2.78. The van der Waals surface area contributed by atoms with Crippen molar-refractivity contribution in [3.05, 3.63) is 69.7 Å². The number of benzene rings is 2. The molecule has 38 heavy (non-hydrogen) atoms. The number of hydroxylamine groups is 1. The van der Waals surface area contributed by atoms with E-state index in [1.807, 2.05) is 42.5 Å². The third-order valence-corrected chi connectivity index (χ3v) is 5.46. The minimum Gasteiger partial charge on any atom is -0.375 e. The Bertz CT molecular complexity index is 1040. The maximum absolute atomic E-state index is 7.72. The van der Waals surface area contributed by atoms with Crippen molar-refractivity contribution in [2.45, 2.75) is 40.5 Å². The first kappa shape index (κ1) is 33.2. The maximum Gasteiger partial charge on any atom is 0.237 e. The first-order chi connectivity index (χ1) is 18.2. The Morgan fingerprint density at radius 2 is 1.47 bits per heavy atom. The minimum absolute atomic E-state index is 0.104. The van der Waals surface area contributed by atoms with Crippen LogP contribution in [-0.2, 0) is 9.57 Å². The smallest absolute Gasteiger partial charge is 0.237 e. The molecule has 0 unspecified atom stereocenters. The number of hydrogen-bond acceptors (Lipinski definition) is 6. The molecule has 10 heteroatoms. The van der Waals surface area contributed by atoms with Crippen molar-refractivity contribution < 1.29 is 9.57 Å². The molecular formula is C28H40Cl2N6O2. The summed E-state index contributed by atoms with van der Waals surface area (Å²) in [4.78, 5) is 9.33. The maximum atomic E-state index is 7.72. The molecular weight excluding hydrogens is 523 g/mol. The second-order valence-corrected chi connectivity index (χ2v) is 10.0. The van der Waals surface area contributed by atoms with Gasteiger partial charge >= 0.3 is 0 Å². The van der Waals surface area contributed by atoms with Gasteiger partial charge in [0.2, 0.25) is 5.96 Å². The third kappa shape index (κ3) is 16.9. The summed E-state index contributed by atoms with van der Waals surface area (Å²) >= 11 is 12.0. The van der Waals surface area contributed by atoms with Crippen molar-refractivity contribution in [2.24, 2.45) is 32.8 Å². The first-order valence-corrected chi connectivity index (χ1v) is 13.3. The van der Waals surface area contributed by atoms with Gasteiger partial charge in [-0.1, -0.05) is 87.3 Å². The number of halogens is 2. The fourth-order valence-corrected chi connectivity index (χ4v) is 2.94. The van der Waals surface area contributed by atoms with E-state index in [1.165, 1.54) is 6.21 Å². The lowest BCUT2D eigenvalue weighted by Crippen LogP contribution is -2.31. The fourth-order valence-electron chi connectivity index (χ4n) is 2.57. The van der Waals surface area contributed by atoms with Crippen molar-refractivity contribution in [2.75, 3.05) is 26.4 Å². The number of ether oxygens (including phenoxy) is 1. The Balaban J connectivity index is 0.000000380.